The number of nitrogen functional groups attached to an aromatic ring is 1. The van der Waals surface area contributed by atoms with Crippen LogP contribution in [0.5, 0.6) is 0 Å². The summed E-state index contributed by atoms with van der Waals surface area (Å²) >= 11 is 0. The lowest BCUT2D eigenvalue weighted by Crippen LogP contribution is -2.40. The van der Waals surface area contributed by atoms with Crippen LogP contribution in [-0.2, 0) is 6.42 Å². The van der Waals surface area contributed by atoms with Crippen LogP contribution in [0.2, 0.25) is 0 Å². The predicted octanol–water partition coefficient (Wildman–Crippen LogP) is 1.52. The van der Waals surface area contributed by atoms with E-state index < -0.39 is 0 Å². The van der Waals surface area contributed by atoms with Crippen molar-refractivity contribution in [3.8, 4) is 0 Å². The van der Waals surface area contributed by atoms with Crippen LogP contribution in [0, 0.1) is 0 Å². The van der Waals surface area contributed by atoms with Gasteiger partial charge in [-0.25, -0.2) is 9.97 Å². The van der Waals surface area contributed by atoms with E-state index >= 15 is 0 Å². The van der Waals surface area contributed by atoms with Gasteiger partial charge in [-0.2, -0.15) is 0 Å². The summed E-state index contributed by atoms with van der Waals surface area (Å²) in [4.78, 5) is 10.8. The number of aromatic nitrogens is 2. The molecule has 0 radical (unpaired) electrons. The van der Waals surface area contributed by atoms with Gasteiger partial charge in [-0.15, -0.1) is 0 Å². The van der Waals surface area contributed by atoms with Crippen molar-refractivity contribution >= 4 is 11.6 Å². The third-order valence-electron chi connectivity index (χ3n) is 3.44. The van der Waals surface area contributed by atoms with Gasteiger partial charge in [0.2, 0.25) is 0 Å². The molecule has 1 aliphatic heterocycles. The fourth-order valence-electron chi connectivity index (χ4n) is 2.52. The molecular formula is C13H23N5. The number of rotatable bonds is 4. The van der Waals surface area contributed by atoms with Crippen molar-refractivity contribution in [1.29, 1.82) is 0 Å². The first-order valence-corrected chi connectivity index (χ1v) is 6.75. The summed E-state index contributed by atoms with van der Waals surface area (Å²) in [5, 5.41) is 3.53. The molecule has 1 atom stereocenters. The molecule has 1 aromatic rings. The molecule has 2 rings (SSSR count). The Bertz CT molecular complexity index is 393. The Morgan fingerprint density at radius 1 is 1.50 bits per heavy atom. The first-order chi connectivity index (χ1) is 8.70. The van der Waals surface area contributed by atoms with Crippen LogP contribution in [-0.4, -0.2) is 41.0 Å². The summed E-state index contributed by atoms with van der Waals surface area (Å²) in [5.74, 6) is 1.53. The van der Waals surface area contributed by atoms with Crippen LogP contribution in [0.25, 0.3) is 0 Å². The zero-order chi connectivity index (χ0) is 13.0. The summed E-state index contributed by atoms with van der Waals surface area (Å²) < 4.78 is 0. The van der Waals surface area contributed by atoms with Crippen molar-refractivity contribution < 1.29 is 0 Å². The molecule has 18 heavy (non-hydrogen) atoms. The number of nitrogens with two attached hydrogens (primary N) is 1. The second-order valence-electron chi connectivity index (χ2n) is 5.08. The van der Waals surface area contributed by atoms with Crippen molar-refractivity contribution in [2.24, 2.45) is 0 Å². The molecule has 100 valence electrons. The van der Waals surface area contributed by atoms with Crippen LogP contribution >= 0.6 is 0 Å². The molecule has 1 unspecified atom stereocenters. The molecule has 5 heteroatoms. The van der Waals surface area contributed by atoms with E-state index in [1.807, 2.05) is 0 Å². The molecule has 3 N–H and O–H groups in total. The highest BCUT2D eigenvalue weighted by atomic mass is 15.2. The fourth-order valence-corrected chi connectivity index (χ4v) is 2.52. The second kappa shape index (κ2) is 6.00. The lowest BCUT2D eigenvalue weighted by Gasteiger charge is -2.31. The number of nitrogens with zero attached hydrogens (tertiary/aromatic N) is 3. The van der Waals surface area contributed by atoms with Crippen LogP contribution in [0.4, 0.5) is 11.6 Å². The number of hydrogen-bond acceptors (Lipinski definition) is 5. The molecule has 0 aliphatic carbocycles. The number of hydrogen-bond donors (Lipinski definition) is 2. The molecule has 2 heterocycles. The third kappa shape index (κ3) is 3.10. The molecule has 0 aromatic carbocycles. The van der Waals surface area contributed by atoms with Gasteiger partial charge in [0.1, 0.15) is 18.0 Å². The number of piperidine rings is 1. The lowest BCUT2D eigenvalue weighted by molar-refractivity contribution is 0.260. The highest BCUT2D eigenvalue weighted by Gasteiger charge is 2.19. The molecule has 0 spiro atoms. The maximum Gasteiger partial charge on any atom is 0.134 e. The molecular weight excluding hydrogens is 226 g/mol. The topological polar surface area (TPSA) is 67.1 Å². The van der Waals surface area contributed by atoms with Gasteiger partial charge in [-0.1, -0.05) is 13.3 Å². The molecule has 1 aliphatic rings. The normalized spacial score (nSPS) is 20.9. The molecule has 1 saturated heterocycles. The van der Waals surface area contributed by atoms with Crippen molar-refractivity contribution in [2.75, 3.05) is 31.2 Å². The minimum absolute atomic E-state index is 0.466. The van der Waals surface area contributed by atoms with E-state index in [1.165, 1.54) is 19.4 Å². The van der Waals surface area contributed by atoms with E-state index in [0.717, 1.165) is 30.8 Å². The van der Waals surface area contributed by atoms with Gasteiger partial charge in [0, 0.05) is 18.2 Å². The van der Waals surface area contributed by atoms with Gasteiger partial charge in [-0.3, -0.25) is 0 Å². The zero-order valence-corrected chi connectivity index (χ0v) is 11.3. The molecule has 5 nitrogen and oxygen atoms in total. The number of anilines is 2. The van der Waals surface area contributed by atoms with E-state index in [4.69, 9.17) is 5.73 Å². The average molecular weight is 249 g/mol. The standard InChI is InChI=1S/C13H23N5/c1-3-5-11-12(14)15-9-16-13(11)17-10-6-4-7-18(2)8-10/h9-10H,3-8H2,1-2H3,(H3,14,15,16,17). The van der Waals surface area contributed by atoms with Gasteiger partial charge in [0.05, 0.1) is 0 Å². The Labute approximate surface area is 109 Å². The minimum Gasteiger partial charge on any atom is -0.383 e. The summed E-state index contributed by atoms with van der Waals surface area (Å²) in [6.07, 6.45) is 5.95. The van der Waals surface area contributed by atoms with Crippen LogP contribution in [0.15, 0.2) is 6.33 Å². The lowest BCUT2D eigenvalue weighted by atomic mass is 10.1. The first kappa shape index (κ1) is 13.1. The van der Waals surface area contributed by atoms with Crippen molar-refractivity contribution in [3.05, 3.63) is 11.9 Å². The second-order valence-corrected chi connectivity index (χ2v) is 5.08. The highest BCUT2D eigenvalue weighted by molar-refractivity contribution is 5.55. The average Bonchev–Trinajstić information content (AvgIpc) is 2.34. The Kier molecular flexibility index (Phi) is 4.36. The van der Waals surface area contributed by atoms with Crippen LogP contribution < -0.4 is 11.1 Å². The van der Waals surface area contributed by atoms with Gasteiger partial charge in [-0.05, 0) is 32.9 Å². The quantitative estimate of drug-likeness (QED) is 0.847. The summed E-state index contributed by atoms with van der Waals surface area (Å²) in [7, 11) is 2.16. The molecule has 1 aromatic heterocycles. The van der Waals surface area contributed by atoms with Crippen LogP contribution in [0.1, 0.15) is 31.7 Å². The Morgan fingerprint density at radius 3 is 3.06 bits per heavy atom. The van der Waals surface area contributed by atoms with Crippen molar-refractivity contribution in [1.82, 2.24) is 14.9 Å². The van der Waals surface area contributed by atoms with E-state index in [9.17, 15) is 0 Å². The van der Waals surface area contributed by atoms with E-state index in [0.29, 0.717) is 11.9 Å². The number of likely N-dealkylation sites (tertiary alicyclic amines) is 1. The van der Waals surface area contributed by atoms with Gasteiger partial charge >= 0.3 is 0 Å². The van der Waals surface area contributed by atoms with Gasteiger partial charge in [0.25, 0.3) is 0 Å². The van der Waals surface area contributed by atoms with E-state index in [2.05, 4.69) is 34.2 Å². The summed E-state index contributed by atoms with van der Waals surface area (Å²) in [5.41, 5.74) is 7.00. The van der Waals surface area contributed by atoms with Crippen molar-refractivity contribution in [2.45, 2.75) is 38.6 Å². The maximum atomic E-state index is 5.94. The largest absolute Gasteiger partial charge is 0.383 e. The summed E-state index contributed by atoms with van der Waals surface area (Å²) in [6, 6.07) is 0.466. The van der Waals surface area contributed by atoms with E-state index in [-0.39, 0.29) is 0 Å². The Morgan fingerprint density at radius 2 is 2.33 bits per heavy atom. The molecule has 0 saturated carbocycles. The van der Waals surface area contributed by atoms with Crippen molar-refractivity contribution in [3.63, 3.8) is 0 Å². The number of likely N-dealkylation sites (N-methyl/N-ethyl adjacent to an activating group) is 1. The third-order valence-corrected chi connectivity index (χ3v) is 3.44. The predicted molar refractivity (Wildman–Crippen MR) is 74.6 cm³/mol. The maximum absolute atomic E-state index is 5.94. The molecule has 0 amide bonds. The summed E-state index contributed by atoms with van der Waals surface area (Å²) in [6.45, 7) is 4.39. The number of nitrogens with one attached hydrogen (secondary N) is 1. The Hall–Kier alpha value is -1.36. The van der Waals surface area contributed by atoms with Gasteiger partial charge in [0.15, 0.2) is 0 Å². The van der Waals surface area contributed by atoms with E-state index in [1.54, 1.807) is 6.33 Å². The SMILES string of the molecule is CCCc1c(N)ncnc1NC1CCCN(C)C1. The smallest absolute Gasteiger partial charge is 0.134 e. The molecule has 0 bridgehead atoms. The van der Waals surface area contributed by atoms with Crippen LogP contribution in [0.3, 0.4) is 0 Å². The first-order valence-electron chi connectivity index (χ1n) is 6.75. The zero-order valence-electron chi connectivity index (χ0n) is 11.3. The molecule has 1 fully saturated rings. The minimum atomic E-state index is 0.466. The van der Waals surface area contributed by atoms with Gasteiger partial charge < -0.3 is 16.0 Å². The fraction of sp³-hybridized carbons (Fsp3) is 0.692. The monoisotopic (exact) mass is 249 g/mol. The highest BCUT2D eigenvalue weighted by Crippen LogP contribution is 2.21. The Balaban J connectivity index is 2.10.